The van der Waals surface area contributed by atoms with Crippen molar-refractivity contribution in [1.82, 2.24) is 4.31 Å². The van der Waals surface area contributed by atoms with E-state index in [0.29, 0.717) is 38.3 Å². The predicted octanol–water partition coefficient (Wildman–Crippen LogP) is 2.37. The fourth-order valence-electron chi connectivity index (χ4n) is 3.36. The number of sulfonamides is 1. The summed E-state index contributed by atoms with van der Waals surface area (Å²) in [5.41, 5.74) is 0.631. The maximum absolute atomic E-state index is 13.9. The molecule has 4 nitrogen and oxygen atoms in total. The zero-order valence-electron chi connectivity index (χ0n) is 12.6. The Kier molecular flexibility index (Phi) is 4.80. The summed E-state index contributed by atoms with van der Waals surface area (Å²) >= 11 is 0. The maximum atomic E-state index is 13.9. The van der Waals surface area contributed by atoms with Crippen LogP contribution in [0.3, 0.4) is 0 Å². The molecule has 1 atom stereocenters. The SMILES string of the molecule is O=S(=O)(CC1CCOCC1)N1CC[C@H](c2ccccc2F)C1. The van der Waals surface area contributed by atoms with Gasteiger partial charge in [-0.15, -0.1) is 0 Å². The monoisotopic (exact) mass is 327 g/mol. The van der Waals surface area contributed by atoms with E-state index >= 15 is 0 Å². The molecule has 2 aliphatic heterocycles. The van der Waals surface area contributed by atoms with Crippen LogP contribution in [-0.2, 0) is 14.8 Å². The van der Waals surface area contributed by atoms with E-state index < -0.39 is 10.0 Å². The lowest BCUT2D eigenvalue weighted by Gasteiger charge is -2.24. The zero-order valence-corrected chi connectivity index (χ0v) is 13.4. The Morgan fingerprint density at radius 1 is 1.18 bits per heavy atom. The van der Waals surface area contributed by atoms with Crippen LogP contribution in [0.4, 0.5) is 4.39 Å². The fraction of sp³-hybridized carbons (Fsp3) is 0.625. The van der Waals surface area contributed by atoms with Crippen molar-refractivity contribution in [3.8, 4) is 0 Å². The van der Waals surface area contributed by atoms with Crippen LogP contribution < -0.4 is 0 Å². The molecule has 122 valence electrons. The molecule has 6 heteroatoms. The fourth-order valence-corrected chi connectivity index (χ4v) is 5.29. The van der Waals surface area contributed by atoms with Gasteiger partial charge in [0.25, 0.3) is 0 Å². The molecule has 1 aromatic carbocycles. The molecular formula is C16H22FNO3S. The summed E-state index contributed by atoms with van der Waals surface area (Å²) in [5.74, 6) is 0.105. The largest absolute Gasteiger partial charge is 0.381 e. The highest BCUT2D eigenvalue weighted by molar-refractivity contribution is 7.89. The number of rotatable bonds is 4. The predicted molar refractivity (Wildman–Crippen MR) is 82.7 cm³/mol. The van der Waals surface area contributed by atoms with E-state index in [0.717, 1.165) is 12.8 Å². The van der Waals surface area contributed by atoms with E-state index in [2.05, 4.69) is 0 Å². The number of ether oxygens (including phenoxy) is 1. The van der Waals surface area contributed by atoms with E-state index in [4.69, 9.17) is 4.74 Å². The van der Waals surface area contributed by atoms with Crippen LogP contribution in [0.2, 0.25) is 0 Å². The third kappa shape index (κ3) is 3.50. The standard InChI is InChI=1S/C16H22FNO3S/c17-16-4-2-1-3-15(16)14-5-8-18(11-14)22(19,20)12-13-6-9-21-10-7-13/h1-4,13-14H,5-12H2/t14-/m0/s1. The highest BCUT2D eigenvalue weighted by Crippen LogP contribution is 2.31. The van der Waals surface area contributed by atoms with Gasteiger partial charge in [0.1, 0.15) is 5.82 Å². The minimum Gasteiger partial charge on any atom is -0.381 e. The second-order valence-corrected chi connectivity index (χ2v) is 8.21. The van der Waals surface area contributed by atoms with Crippen LogP contribution in [0.15, 0.2) is 24.3 Å². The van der Waals surface area contributed by atoms with Gasteiger partial charge in [-0.2, -0.15) is 0 Å². The molecule has 0 saturated carbocycles. The van der Waals surface area contributed by atoms with Crippen LogP contribution in [-0.4, -0.2) is 44.8 Å². The normalized spacial score (nSPS) is 24.7. The topological polar surface area (TPSA) is 46.6 Å². The van der Waals surface area contributed by atoms with Gasteiger partial charge in [-0.25, -0.2) is 17.1 Å². The van der Waals surface area contributed by atoms with Gasteiger partial charge in [0.2, 0.25) is 10.0 Å². The Hall–Kier alpha value is -0.980. The van der Waals surface area contributed by atoms with Gasteiger partial charge in [0.15, 0.2) is 0 Å². The average molecular weight is 327 g/mol. The molecule has 0 amide bonds. The lowest BCUT2D eigenvalue weighted by atomic mass is 9.98. The molecule has 22 heavy (non-hydrogen) atoms. The van der Waals surface area contributed by atoms with Crippen LogP contribution in [0.25, 0.3) is 0 Å². The first-order chi connectivity index (χ1) is 10.6. The number of nitrogens with zero attached hydrogens (tertiary/aromatic N) is 1. The smallest absolute Gasteiger partial charge is 0.214 e. The Balaban J connectivity index is 1.65. The van der Waals surface area contributed by atoms with Crippen LogP contribution in [0.1, 0.15) is 30.7 Å². The average Bonchev–Trinajstić information content (AvgIpc) is 2.99. The lowest BCUT2D eigenvalue weighted by Crippen LogP contribution is -2.35. The molecule has 0 aromatic heterocycles. The second-order valence-electron chi connectivity index (χ2n) is 6.20. The molecule has 2 aliphatic rings. The first kappa shape index (κ1) is 15.9. The van der Waals surface area contributed by atoms with E-state index in [1.54, 1.807) is 22.5 Å². The number of hydrogen-bond donors (Lipinski definition) is 0. The van der Waals surface area contributed by atoms with Gasteiger partial charge in [-0.1, -0.05) is 18.2 Å². The third-order valence-corrected chi connectivity index (χ3v) is 6.69. The van der Waals surface area contributed by atoms with Gasteiger partial charge >= 0.3 is 0 Å². The minimum absolute atomic E-state index is 0.0364. The summed E-state index contributed by atoms with van der Waals surface area (Å²) in [7, 11) is -3.26. The molecule has 0 unspecified atom stereocenters. The number of hydrogen-bond acceptors (Lipinski definition) is 3. The Morgan fingerprint density at radius 2 is 1.91 bits per heavy atom. The number of halogens is 1. The summed E-state index contributed by atoms with van der Waals surface area (Å²) in [5, 5.41) is 0. The molecule has 2 saturated heterocycles. The molecule has 0 radical (unpaired) electrons. The van der Waals surface area contributed by atoms with Gasteiger partial charge in [-0.05, 0) is 36.8 Å². The Labute approximate surface area is 131 Å². The van der Waals surface area contributed by atoms with Gasteiger partial charge in [0, 0.05) is 32.2 Å². The molecule has 2 fully saturated rings. The van der Waals surface area contributed by atoms with E-state index in [1.807, 2.05) is 0 Å². The van der Waals surface area contributed by atoms with E-state index in [9.17, 15) is 12.8 Å². The summed E-state index contributed by atoms with van der Waals surface area (Å²) in [6.07, 6.45) is 2.31. The molecular weight excluding hydrogens is 305 g/mol. The van der Waals surface area contributed by atoms with Crippen molar-refractivity contribution in [2.75, 3.05) is 32.1 Å². The molecule has 0 spiro atoms. The maximum Gasteiger partial charge on any atom is 0.214 e. The summed E-state index contributed by atoms with van der Waals surface area (Å²) in [6.45, 7) is 2.19. The molecule has 2 heterocycles. The van der Waals surface area contributed by atoms with Crippen LogP contribution in [0.5, 0.6) is 0 Å². The minimum atomic E-state index is -3.26. The molecule has 0 N–H and O–H groups in total. The summed E-state index contributed by atoms with van der Waals surface area (Å²) in [6, 6.07) is 6.66. The first-order valence-electron chi connectivity index (χ1n) is 7.86. The van der Waals surface area contributed by atoms with Crippen molar-refractivity contribution in [3.63, 3.8) is 0 Å². The van der Waals surface area contributed by atoms with Crippen molar-refractivity contribution in [2.24, 2.45) is 5.92 Å². The summed E-state index contributed by atoms with van der Waals surface area (Å²) < 4.78 is 45.8. The van der Waals surface area contributed by atoms with Crippen LogP contribution >= 0.6 is 0 Å². The number of benzene rings is 1. The third-order valence-electron chi connectivity index (χ3n) is 4.68. The highest BCUT2D eigenvalue weighted by atomic mass is 32.2. The molecule has 1 aromatic rings. The molecule has 0 bridgehead atoms. The highest BCUT2D eigenvalue weighted by Gasteiger charge is 2.34. The second kappa shape index (κ2) is 6.64. The van der Waals surface area contributed by atoms with Gasteiger partial charge < -0.3 is 4.74 Å². The van der Waals surface area contributed by atoms with Crippen molar-refractivity contribution in [2.45, 2.75) is 25.2 Å². The van der Waals surface area contributed by atoms with E-state index in [1.165, 1.54) is 6.07 Å². The molecule has 0 aliphatic carbocycles. The Morgan fingerprint density at radius 3 is 2.64 bits per heavy atom. The zero-order chi connectivity index (χ0) is 15.6. The van der Waals surface area contributed by atoms with Gasteiger partial charge in [0.05, 0.1) is 5.75 Å². The first-order valence-corrected chi connectivity index (χ1v) is 9.47. The van der Waals surface area contributed by atoms with Crippen molar-refractivity contribution in [3.05, 3.63) is 35.6 Å². The van der Waals surface area contributed by atoms with Crippen molar-refractivity contribution >= 4 is 10.0 Å². The lowest BCUT2D eigenvalue weighted by molar-refractivity contribution is 0.0721. The Bertz CT molecular complexity index is 614. The van der Waals surface area contributed by atoms with Gasteiger partial charge in [-0.3, -0.25) is 0 Å². The molecule has 3 rings (SSSR count). The summed E-state index contributed by atoms with van der Waals surface area (Å²) in [4.78, 5) is 0. The van der Waals surface area contributed by atoms with Crippen molar-refractivity contribution < 1.29 is 17.5 Å². The van der Waals surface area contributed by atoms with Crippen molar-refractivity contribution in [1.29, 1.82) is 0 Å². The quantitative estimate of drug-likeness (QED) is 0.853. The van der Waals surface area contributed by atoms with E-state index in [-0.39, 0.29) is 23.4 Å². The van der Waals surface area contributed by atoms with Crippen LogP contribution in [0, 0.1) is 11.7 Å².